The summed E-state index contributed by atoms with van der Waals surface area (Å²) in [5.74, 6) is -0.264. The zero-order chi connectivity index (χ0) is 14.3. The molecule has 1 aromatic carbocycles. The van der Waals surface area contributed by atoms with Crippen LogP contribution < -0.4 is 10.6 Å². The summed E-state index contributed by atoms with van der Waals surface area (Å²) in [6, 6.07) is 4.79. The van der Waals surface area contributed by atoms with Crippen LogP contribution in [0.4, 0.5) is 0 Å². The fraction of sp³-hybridized carbons (Fsp3) is 0.429. The largest absolute Gasteiger partial charge is 0.508 e. The van der Waals surface area contributed by atoms with E-state index in [2.05, 4.69) is 10.6 Å². The lowest BCUT2D eigenvalue weighted by Crippen LogP contribution is -2.31. The van der Waals surface area contributed by atoms with Gasteiger partial charge < -0.3 is 15.7 Å². The highest BCUT2D eigenvalue weighted by molar-refractivity contribution is 5.96. The van der Waals surface area contributed by atoms with E-state index in [1.54, 1.807) is 19.1 Å². The number of hydrogen-bond acceptors (Lipinski definition) is 3. The van der Waals surface area contributed by atoms with Crippen molar-refractivity contribution < 1.29 is 14.7 Å². The van der Waals surface area contributed by atoms with Crippen LogP contribution in [0.15, 0.2) is 18.2 Å². The maximum absolute atomic E-state index is 11.9. The van der Waals surface area contributed by atoms with Crippen LogP contribution in [-0.2, 0) is 4.79 Å². The number of nitrogens with one attached hydrogen (secondary N) is 2. The third-order valence-corrected chi connectivity index (χ3v) is 2.76. The molecule has 0 atom stereocenters. The molecule has 0 saturated carbocycles. The summed E-state index contributed by atoms with van der Waals surface area (Å²) in [5.41, 5.74) is 0.962. The van der Waals surface area contributed by atoms with Crippen molar-refractivity contribution in [1.82, 2.24) is 10.6 Å². The van der Waals surface area contributed by atoms with E-state index in [9.17, 15) is 14.7 Å². The Morgan fingerprint density at radius 1 is 1.21 bits per heavy atom. The predicted molar refractivity (Wildman–Crippen MR) is 73.1 cm³/mol. The lowest BCUT2D eigenvalue weighted by Gasteiger charge is -2.08. The fourth-order valence-electron chi connectivity index (χ4n) is 1.61. The molecule has 19 heavy (non-hydrogen) atoms. The molecule has 0 fully saturated rings. The van der Waals surface area contributed by atoms with Crippen LogP contribution in [0.1, 0.15) is 35.7 Å². The molecule has 0 bridgehead atoms. The Bertz CT molecular complexity index is 458. The van der Waals surface area contributed by atoms with Gasteiger partial charge in [0.25, 0.3) is 5.91 Å². The van der Waals surface area contributed by atoms with Gasteiger partial charge in [-0.1, -0.05) is 13.0 Å². The maximum atomic E-state index is 11.9. The first-order valence-corrected chi connectivity index (χ1v) is 6.39. The third-order valence-electron chi connectivity index (χ3n) is 2.76. The van der Waals surface area contributed by atoms with Gasteiger partial charge >= 0.3 is 0 Å². The highest BCUT2D eigenvalue weighted by Crippen LogP contribution is 2.19. The van der Waals surface area contributed by atoms with Crippen molar-refractivity contribution in [1.29, 1.82) is 0 Å². The van der Waals surface area contributed by atoms with Gasteiger partial charge in [0.15, 0.2) is 0 Å². The van der Waals surface area contributed by atoms with Gasteiger partial charge in [0.2, 0.25) is 5.91 Å². The average Bonchev–Trinajstić information content (AvgIpc) is 2.39. The minimum absolute atomic E-state index is 0.0743. The summed E-state index contributed by atoms with van der Waals surface area (Å²) >= 11 is 0. The summed E-state index contributed by atoms with van der Waals surface area (Å²) in [7, 11) is 0. The Hall–Kier alpha value is -2.04. The van der Waals surface area contributed by atoms with Crippen LogP contribution in [0.2, 0.25) is 0 Å². The van der Waals surface area contributed by atoms with E-state index in [-0.39, 0.29) is 30.5 Å². The van der Waals surface area contributed by atoms with Gasteiger partial charge in [-0.25, -0.2) is 0 Å². The molecular weight excluding hydrogens is 244 g/mol. The highest BCUT2D eigenvalue weighted by Gasteiger charge is 2.11. The van der Waals surface area contributed by atoms with Gasteiger partial charge in [0.1, 0.15) is 5.75 Å². The molecule has 0 saturated heterocycles. The van der Waals surface area contributed by atoms with Crippen LogP contribution in [0.5, 0.6) is 5.75 Å². The number of carbonyl (C=O) groups is 2. The van der Waals surface area contributed by atoms with Crippen molar-refractivity contribution in [3.05, 3.63) is 29.3 Å². The molecule has 1 aromatic rings. The van der Waals surface area contributed by atoms with Gasteiger partial charge in [-0.05, 0) is 25.5 Å². The lowest BCUT2D eigenvalue weighted by atomic mass is 10.1. The minimum atomic E-state index is -0.281. The van der Waals surface area contributed by atoms with Gasteiger partial charge in [0, 0.05) is 30.6 Å². The number of benzene rings is 1. The molecular formula is C14H20N2O3. The molecule has 0 heterocycles. The van der Waals surface area contributed by atoms with E-state index >= 15 is 0 Å². The van der Waals surface area contributed by atoms with Crippen molar-refractivity contribution in [2.24, 2.45) is 0 Å². The number of rotatable bonds is 6. The topological polar surface area (TPSA) is 78.4 Å². The first-order chi connectivity index (χ1) is 9.06. The first-order valence-electron chi connectivity index (χ1n) is 6.39. The van der Waals surface area contributed by atoms with E-state index in [0.717, 1.165) is 6.42 Å². The van der Waals surface area contributed by atoms with Gasteiger partial charge in [-0.2, -0.15) is 0 Å². The second-order valence-corrected chi connectivity index (χ2v) is 4.31. The van der Waals surface area contributed by atoms with Crippen LogP contribution >= 0.6 is 0 Å². The normalized spacial score (nSPS) is 10.0. The highest BCUT2D eigenvalue weighted by atomic mass is 16.3. The molecule has 3 N–H and O–H groups in total. The Morgan fingerprint density at radius 3 is 2.63 bits per heavy atom. The summed E-state index contributed by atoms with van der Waals surface area (Å²) in [6.07, 6.45) is 1.14. The Kier molecular flexibility index (Phi) is 5.85. The zero-order valence-electron chi connectivity index (χ0n) is 11.3. The third kappa shape index (κ3) is 4.62. The number of aromatic hydroxyl groups is 1. The summed E-state index contributed by atoms with van der Waals surface area (Å²) in [5, 5.41) is 14.9. The van der Waals surface area contributed by atoms with Gasteiger partial charge in [-0.3, -0.25) is 9.59 Å². The van der Waals surface area contributed by atoms with E-state index < -0.39 is 0 Å². The second-order valence-electron chi connectivity index (χ2n) is 4.31. The van der Waals surface area contributed by atoms with Crippen molar-refractivity contribution in [2.45, 2.75) is 26.7 Å². The number of amides is 2. The molecule has 0 aliphatic heterocycles. The van der Waals surface area contributed by atoms with Crippen molar-refractivity contribution in [3.63, 3.8) is 0 Å². The molecule has 0 spiro atoms. The van der Waals surface area contributed by atoms with Gasteiger partial charge in [-0.15, -0.1) is 0 Å². The molecule has 0 radical (unpaired) electrons. The number of phenols is 1. The summed E-state index contributed by atoms with van der Waals surface area (Å²) in [6.45, 7) is 4.59. The quantitative estimate of drug-likeness (QED) is 0.725. The van der Waals surface area contributed by atoms with E-state index in [1.165, 1.54) is 6.07 Å². The molecule has 1 rings (SSSR count). The Labute approximate surface area is 113 Å². The Balaban J connectivity index is 2.43. The monoisotopic (exact) mass is 264 g/mol. The summed E-state index contributed by atoms with van der Waals surface area (Å²) < 4.78 is 0. The molecule has 104 valence electrons. The van der Waals surface area contributed by atoms with Crippen LogP contribution in [-0.4, -0.2) is 30.0 Å². The second kappa shape index (κ2) is 7.41. The van der Waals surface area contributed by atoms with Crippen molar-refractivity contribution >= 4 is 11.8 Å². The molecule has 5 heteroatoms. The van der Waals surface area contributed by atoms with E-state index in [1.807, 2.05) is 6.92 Å². The van der Waals surface area contributed by atoms with Crippen molar-refractivity contribution in [3.8, 4) is 5.75 Å². The minimum Gasteiger partial charge on any atom is -0.508 e. The Morgan fingerprint density at radius 2 is 1.95 bits per heavy atom. The van der Waals surface area contributed by atoms with Crippen LogP contribution in [0, 0.1) is 6.92 Å². The smallest absolute Gasteiger partial charge is 0.251 e. The number of carbonyl (C=O) groups excluding carboxylic acids is 2. The molecule has 0 aliphatic carbocycles. The lowest BCUT2D eigenvalue weighted by molar-refractivity contribution is -0.120. The molecule has 2 amide bonds. The molecule has 0 aromatic heterocycles. The fourth-order valence-corrected chi connectivity index (χ4v) is 1.61. The van der Waals surface area contributed by atoms with Crippen LogP contribution in [0.3, 0.4) is 0 Å². The van der Waals surface area contributed by atoms with E-state index in [4.69, 9.17) is 0 Å². The zero-order valence-corrected chi connectivity index (χ0v) is 11.3. The molecule has 0 aliphatic rings. The molecule has 5 nitrogen and oxygen atoms in total. The predicted octanol–water partition coefficient (Wildman–Crippen LogP) is 1.35. The maximum Gasteiger partial charge on any atom is 0.251 e. The molecule has 0 unspecified atom stereocenters. The van der Waals surface area contributed by atoms with Crippen LogP contribution in [0.25, 0.3) is 0 Å². The van der Waals surface area contributed by atoms with E-state index in [0.29, 0.717) is 17.7 Å². The van der Waals surface area contributed by atoms with Crippen molar-refractivity contribution in [2.75, 3.05) is 13.1 Å². The van der Waals surface area contributed by atoms with Gasteiger partial charge in [0.05, 0.1) is 0 Å². The average molecular weight is 264 g/mol. The standard InChI is InChI=1S/C14H20N2O3/c1-3-8-15-13(18)7-9-16-14(19)11-5-4-6-12(17)10(11)2/h4-6,17H,3,7-9H2,1-2H3,(H,15,18)(H,16,19). The first kappa shape index (κ1) is 15.0. The summed E-state index contributed by atoms with van der Waals surface area (Å²) in [4.78, 5) is 23.2. The number of phenolic OH excluding ortho intramolecular Hbond substituents is 1. The number of hydrogen-bond donors (Lipinski definition) is 3. The SMILES string of the molecule is CCCNC(=O)CCNC(=O)c1cccc(O)c1C.